The first-order valence-electron chi connectivity index (χ1n) is 8.05. The third-order valence-corrected chi connectivity index (χ3v) is 4.18. The first-order chi connectivity index (χ1) is 12.5. The zero-order valence-electron chi connectivity index (χ0n) is 14.4. The largest absolute Gasteiger partial charge is 0.496 e. The van der Waals surface area contributed by atoms with Crippen molar-refractivity contribution in [1.29, 1.82) is 0 Å². The van der Waals surface area contributed by atoms with Gasteiger partial charge in [0.2, 0.25) is 5.89 Å². The van der Waals surface area contributed by atoms with Gasteiger partial charge in [0.1, 0.15) is 17.8 Å². The van der Waals surface area contributed by atoms with Gasteiger partial charge in [0.05, 0.1) is 25.6 Å². The smallest absolute Gasteiger partial charge is 0.304 e. The fraction of sp³-hybridized carbons (Fsp3) is 0.200. The van der Waals surface area contributed by atoms with E-state index in [0.717, 1.165) is 11.1 Å². The zero-order chi connectivity index (χ0) is 18.7. The van der Waals surface area contributed by atoms with Crippen molar-refractivity contribution in [3.8, 4) is 16.9 Å². The first-order valence-corrected chi connectivity index (χ1v) is 8.05. The number of aliphatic carboxylic acids is 1. The lowest BCUT2D eigenvalue weighted by atomic mass is 9.91. The summed E-state index contributed by atoms with van der Waals surface area (Å²) < 4.78 is 25.1. The number of carboxylic acid groups (broad SMARTS) is 1. The number of rotatable bonds is 6. The minimum Gasteiger partial charge on any atom is -0.496 e. The van der Waals surface area contributed by atoms with E-state index in [9.17, 15) is 14.3 Å². The summed E-state index contributed by atoms with van der Waals surface area (Å²) in [5.41, 5.74) is 2.73. The maximum Gasteiger partial charge on any atom is 0.304 e. The summed E-state index contributed by atoms with van der Waals surface area (Å²) in [6.45, 7) is 1.91. The van der Waals surface area contributed by atoms with Crippen LogP contribution in [0.25, 0.3) is 11.1 Å². The molecule has 134 valence electrons. The van der Waals surface area contributed by atoms with Crippen molar-refractivity contribution in [3.05, 3.63) is 71.7 Å². The summed E-state index contributed by atoms with van der Waals surface area (Å²) in [6, 6.07) is 10.1. The van der Waals surface area contributed by atoms with Gasteiger partial charge in [0.25, 0.3) is 0 Å². The predicted octanol–water partition coefficient (Wildman–Crippen LogP) is 4.40. The molecule has 1 aromatic heterocycles. The number of aryl methyl sites for hydroxylation is 1. The summed E-state index contributed by atoms with van der Waals surface area (Å²) in [5.74, 6) is -1.29. The average molecular weight is 355 g/mol. The number of methoxy groups -OCH3 is 1. The lowest BCUT2D eigenvalue weighted by molar-refractivity contribution is -0.137. The van der Waals surface area contributed by atoms with E-state index in [4.69, 9.17) is 9.15 Å². The number of hydrogen-bond acceptors (Lipinski definition) is 4. The molecule has 0 radical (unpaired) electrons. The molecule has 0 aliphatic carbocycles. The summed E-state index contributed by atoms with van der Waals surface area (Å²) >= 11 is 0. The first kappa shape index (κ1) is 17.7. The van der Waals surface area contributed by atoms with Crippen LogP contribution in [0.5, 0.6) is 5.75 Å². The maximum atomic E-state index is 14.3. The molecule has 0 fully saturated rings. The molecule has 3 rings (SSSR count). The monoisotopic (exact) mass is 355 g/mol. The van der Waals surface area contributed by atoms with Gasteiger partial charge in [-0.1, -0.05) is 18.2 Å². The summed E-state index contributed by atoms with van der Waals surface area (Å²) in [6.07, 6.45) is 2.55. The van der Waals surface area contributed by atoms with Gasteiger partial charge in [-0.05, 0) is 41.8 Å². The van der Waals surface area contributed by atoms with Crippen LogP contribution in [0.4, 0.5) is 4.39 Å². The highest BCUT2D eigenvalue weighted by atomic mass is 19.1. The van der Waals surface area contributed by atoms with Gasteiger partial charge in [0.15, 0.2) is 0 Å². The minimum absolute atomic E-state index is 0.236. The van der Waals surface area contributed by atoms with E-state index in [-0.39, 0.29) is 12.3 Å². The molecule has 0 bridgehead atoms. The van der Waals surface area contributed by atoms with Crippen molar-refractivity contribution < 1.29 is 23.4 Å². The van der Waals surface area contributed by atoms with Gasteiger partial charge >= 0.3 is 5.97 Å². The molecule has 1 unspecified atom stereocenters. The lowest BCUT2D eigenvalue weighted by Gasteiger charge is -2.16. The second kappa shape index (κ2) is 7.39. The number of carbonyl (C=O) groups is 1. The van der Waals surface area contributed by atoms with Crippen molar-refractivity contribution >= 4 is 5.97 Å². The third-order valence-electron chi connectivity index (χ3n) is 4.18. The normalized spacial score (nSPS) is 12.0. The topological polar surface area (TPSA) is 72.6 Å². The number of benzene rings is 2. The fourth-order valence-electron chi connectivity index (χ4n) is 3.05. The van der Waals surface area contributed by atoms with E-state index in [0.29, 0.717) is 16.9 Å². The maximum absolute atomic E-state index is 14.3. The highest BCUT2D eigenvalue weighted by molar-refractivity contribution is 5.73. The standard InChI is InChI=1S/C20H18FNO4/c1-12-4-3-5-16(19(12)25-2)13-8-14(10-15(21)9-13)17(11-18(23)24)20-22-6-7-26-20/h3-10,17H,11H2,1-2H3,(H,23,24). The Kier molecular flexibility index (Phi) is 5.02. The van der Waals surface area contributed by atoms with Crippen LogP contribution in [0.15, 0.2) is 53.3 Å². The Morgan fingerprint density at radius 3 is 2.81 bits per heavy atom. The molecule has 0 amide bonds. The molecule has 1 N–H and O–H groups in total. The number of aromatic nitrogens is 1. The lowest BCUT2D eigenvalue weighted by Crippen LogP contribution is -2.09. The fourth-order valence-corrected chi connectivity index (χ4v) is 3.05. The minimum atomic E-state index is -1.02. The Labute approximate surface area is 150 Å². The molecule has 26 heavy (non-hydrogen) atoms. The van der Waals surface area contributed by atoms with Crippen molar-refractivity contribution in [1.82, 2.24) is 4.98 Å². The molecule has 0 aliphatic heterocycles. The van der Waals surface area contributed by atoms with E-state index in [1.54, 1.807) is 13.2 Å². The number of halogens is 1. The van der Waals surface area contributed by atoms with Crippen LogP contribution in [0.1, 0.15) is 29.4 Å². The molecule has 3 aromatic rings. The van der Waals surface area contributed by atoms with Crippen LogP contribution < -0.4 is 4.74 Å². The van der Waals surface area contributed by atoms with Crippen LogP contribution in [0.2, 0.25) is 0 Å². The summed E-state index contributed by atoms with van der Waals surface area (Å²) in [4.78, 5) is 15.3. The molecular formula is C20H18FNO4. The molecule has 5 nitrogen and oxygen atoms in total. The van der Waals surface area contributed by atoms with Gasteiger partial charge in [-0.25, -0.2) is 9.37 Å². The van der Waals surface area contributed by atoms with Crippen molar-refractivity contribution in [2.75, 3.05) is 7.11 Å². The van der Waals surface area contributed by atoms with E-state index in [1.807, 2.05) is 25.1 Å². The van der Waals surface area contributed by atoms with Crippen LogP contribution >= 0.6 is 0 Å². The molecule has 0 saturated heterocycles. The van der Waals surface area contributed by atoms with Crippen molar-refractivity contribution in [2.24, 2.45) is 0 Å². The molecule has 0 saturated carbocycles. The van der Waals surface area contributed by atoms with E-state index >= 15 is 0 Å². The van der Waals surface area contributed by atoms with Crippen LogP contribution in [-0.2, 0) is 4.79 Å². The van der Waals surface area contributed by atoms with Crippen molar-refractivity contribution in [3.63, 3.8) is 0 Å². The zero-order valence-corrected chi connectivity index (χ0v) is 14.4. The summed E-state index contributed by atoms with van der Waals surface area (Å²) in [5, 5.41) is 9.24. The molecule has 0 spiro atoms. The Balaban J connectivity index is 2.13. The number of oxazole rings is 1. The highest BCUT2D eigenvalue weighted by Gasteiger charge is 2.23. The van der Waals surface area contributed by atoms with Gasteiger partial charge < -0.3 is 14.3 Å². The third kappa shape index (κ3) is 3.59. The van der Waals surface area contributed by atoms with E-state index in [2.05, 4.69) is 4.98 Å². The molecule has 1 atom stereocenters. The second-order valence-corrected chi connectivity index (χ2v) is 5.95. The Bertz CT molecular complexity index is 922. The van der Waals surface area contributed by atoms with Crippen LogP contribution in [-0.4, -0.2) is 23.2 Å². The van der Waals surface area contributed by atoms with Crippen LogP contribution in [0.3, 0.4) is 0 Å². The second-order valence-electron chi connectivity index (χ2n) is 5.95. The molecule has 0 aliphatic rings. The van der Waals surface area contributed by atoms with Crippen LogP contribution in [0, 0.1) is 12.7 Å². The summed E-state index contributed by atoms with van der Waals surface area (Å²) in [7, 11) is 1.56. The van der Waals surface area contributed by atoms with Gasteiger partial charge in [-0.2, -0.15) is 0 Å². The quantitative estimate of drug-likeness (QED) is 0.709. The van der Waals surface area contributed by atoms with Gasteiger partial charge in [-0.15, -0.1) is 0 Å². The van der Waals surface area contributed by atoms with E-state index < -0.39 is 17.7 Å². The average Bonchev–Trinajstić information content (AvgIpc) is 3.13. The predicted molar refractivity (Wildman–Crippen MR) is 93.7 cm³/mol. The molecular weight excluding hydrogens is 337 g/mol. The number of ether oxygens (including phenoxy) is 1. The molecule has 2 aromatic carbocycles. The number of hydrogen-bond donors (Lipinski definition) is 1. The van der Waals surface area contributed by atoms with E-state index in [1.165, 1.54) is 24.6 Å². The Morgan fingerprint density at radius 2 is 2.15 bits per heavy atom. The number of para-hydroxylation sites is 1. The number of nitrogens with zero attached hydrogens (tertiary/aromatic N) is 1. The SMILES string of the molecule is COc1c(C)cccc1-c1cc(F)cc(C(CC(=O)O)c2ncco2)c1. The molecule has 6 heteroatoms. The number of carboxylic acids is 1. The van der Waals surface area contributed by atoms with Crippen molar-refractivity contribution in [2.45, 2.75) is 19.3 Å². The van der Waals surface area contributed by atoms with Gasteiger partial charge in [-0.3, -0.25) is 4.79 Å². The van der Waals surface area contributed by atoms with Gasteiger partial charge in [0, 0.05) is 5.56 Å². The Morgan fingerprint density at radius 1 is 1.35 bits per heavy atom. The molecule has 1 heterocycles. The highest BCUT2D eigenvalue weighted by Crippen LogP contribution is 2.36. The Hall–Kier alpha value is -3.15.